The second-order valence-electron chi connectivity index (χ2n) is 6.37. The van der Waals surface area contributed by atoms with Crippen molar-refractivity contribution < 1.29 is 4.79 Å². The summed E-state index contributed by atoms with van der Waals surface area (Å²) in [5.74, 6) is 0.570. The standard InChI is InChI=1S/C17H20N4OS/c1-21(14-8-4-6-11-5-2-3-7-13(11)14)17(22)18-16-20-19-15(23-16)12-9-10-12/h2-3,5,7,12,14H,4,6,8-10H2,1H3,(H,18,20,22)/t14-/m1/s1. The molecule has 1 saturated carbocycles. The smallest absolute Gasteiger partial charge is 0.320 e. The first-order chi connectivity index (χ1) is 11.2. The third-order valence-corrected chi connectivity index (χ3v) is 5.71. The average molecular weight is 328 g/mol. The molecule has 1 atom stereocenters. The Kier molecular flexibility index (Phi) is 3.77. The summed E-state index contributed by atoms with van der Waals surface area (Å²) < 4.78 is 0. The van der Waals surface area contributed by atoms with Crippen molar-refractivity contribution in [1.29, 1.82) is 0 Å². The summed E-state index contributed by atoms with van der Waals surface area (Å²) in [6.45, 7) is 0. The lowest BCUT2D eigenvalue weighted by Gasteiger charge is -2.33. The molecular formula is C17H20N4OS. The lowest BCUT2D eigenvalue weighted by Crippen LogP contribution is -2.36. The fraction of sp³-hybridized carbons (Fsp3) is 0.471. The molecule has 0 radical (unpaired) electrons. The second-order valence-corrected chi connectivity index (χ2v) is 7.38. The maximum atomic E-state index is 12.6. The minimum absolute atomic E-state index is 0.106. The molecule has 1 fully saturated rings. The number of rotatable bonds is 3. The van der Waals surface area contributed by atoms with Crippen molar-refractivity contribution in [3.63, 3.8) is 0 Å². The van der Waals surface area contributed by atoms with Crippen molar-refractivity contribution in [2.75, 3.05) is 12.4 Å². The van der Waals surface area contributed by atoms with Crippen LogP contribution >= 0.6 is 11.3 Å². The van der Waals surface area contributed by atoms with Crippen LogP contribution in [0.5, 0.6) is 0 Å². The predicted octanol–water partition coefficient (Wildman–Crippen LogP) is 3.96. The molecule has 0 spiro atoms. The maximum Gasteiger partial charge on any atom is 0.323 e. The van der Waals surface area contributed by atoms with E-state index in [-0.39, 0.29) is 12.1 Å². The number of anilines is 1. The van der Waals surface area contributed by atoms with Gasteiger partial charge in [0.25, 0.3) is 0 Å². The van der Waals surface area contributed by atoms with Crippen LogP contribution in [0.3, 0.4) is 0 Å². The third-order valence-electron chi connectivity index (χ3n) is 4.71. The predicted molar refractivity (Wildman–Crippen MR) is 90.8 cm³/mol. The van der Waals surface area contributed by atoms with Gasteiger partial charge in [-0.25, -0.2) is 4.79 Å². The molecule has 1 N–H and O–H groups in total. The van der Waals surface area contributed by atoms with Gasteiger partial charge in [0.2, 0.25) is 5.13 Å². The molecule has 1 aromatic heterocycles. The van der Waals surface area contributed by atoms with E-state index in [2.05, 4.69) is 39.8 Å². The van der Waals surface area contributed by atoms with Crippen LogP contribution in [0.1, 0.15) is 53.8 Å². The Morgan fingerprint density at radius 1 is 1.26 bits per heavy atom. The number of nitrogens with zero attached hydrogens (tertiary/aromatic N) is 3. The van der Waals surface area contributed by atoms with Crippen LogP contribution in [-0.4, -0.2) is 28.2 Å². The molecule has 0 unspecified atom stereocenters. The van der Waals surface area contributed by atoms with Gasteiger partial charge in [0.1, 0.15) is 5.01 Å². The average Bonchev–Trinajstić information content (AvgIpc) is 3.33. The number of urea groups is 1. The number of aryl methyl sites for hydroxylation is 1. The van der Waals surface area contributed by atoms with Gasteiger partial charge in [0, 0.05) is 13.0 Å². The Hall–Kier alpha value is -1.95. The van der Waals surface area contributed by atoms with E-state index in [4.69, 9.17) is 0 Å². The number of hydrogen-bond donors (Lipinski definition) is 1. The number of benzene rings is 1. The fourth-order valence-corrected chi connectivity index (χ4v) is 4.13. The summed E-state index contributed by atoms with van der Waals surface area (Å²) in [4.78, 5) is 14.4. The van der Waals surface area contributed by atoms with Gasteiger partial charge in [-0.05, 0) is 43.2 Å². The molecule has 1 heterocycles. The van der Waals surface area contributed by atoms with Crippen LogP contribution in [-0.2, 0) is 6.42 Å². The van der Waals surface area contributed by atoms with Gasteiger partial charge in [-0.15, -0.1) is 10.2 Å². The zero-order valence-corrected chi connectivity index (χ0v) is 14.0. The number of carbonyl (C=O) groups excluding carboxylic acids is 1. The molecule has 23 heavy (non-hydrogen) atoms. The number of hydrogen-bond acceptors (Lipinski definition) is 4. The zero-order valence-electron chi connectivity index (χ0n) is 13.2. The molecule has 2 aliphatic rings. The number of carbonyl (C=O) groups is 1. The van der Waals surface area contributed by atoms with Gasteiger partial charge in [-0.3, -0.25) is 5.32 Å². The summed E-state index contributed by atoms with van der Waals surface area (Å²) >= 11 is 1.50. The van der Waals surface area contributed by atoms with E-state index in [1.54, 1.807) is 4.90 Å². The normalized spacial score (nSPS) is 20.0. The van der Waals surface area contributed by atoms with Crippen molar-refractivity contribution in [2.24, 2.45) is 0 Å². The highest BCUT2D eigenvalue weighted by atomic mass is 32.1. The van der Waals surface area contributed by atoms with Crippen LogP contribution in [0.2, 0.25) is 0 Å². The highest BCUT2D eigenvalue weighted by Crippen LogP contribution is 2.42. The molecule has 0 aliphatic heterocycles. The van der Waals surface area contributed by atoms with E-state index < -0.39 is 0 Å². The Balaban J connectivity index is 1.47. The van der Waals surface area contributed by atoms with E-state index in [1.807, 2.05) is 7.05 Å². The van der Waals surface area contributed by atoms with Crippen molar-refractivity contribution >= 4 is 22.5 Å². The molecule has 0 saturated heterocycles. The molecular weight excluding hydrogens is 308 g/mol. The van der Waals surface area contributed by atoms with Crippen LogP contribution in [0.4, 0.5) is 9.93 Å². The van der Waals surface area contributed by atoms with Gasteiger partial charge < -0.3 is 4.90 Å². The van der Waals surface area contributed by atoms with Crippen molar-refractivity contribution in [3.8, 4) is 0 Å². The number of amides is 2. The van der Waals surface area contributed by atoms with Gasteiger partial charge in [-0.1, -0.05) is 35.6 Å². The SMILES string of the molecule is CN(C(=O)Nc1nnc(C2CC2)s1)[C@@H]1CCCc2ccccc21. The molecule has 2 amide bonds. The van der Waals surface area contributed by atoms with E-state index in [0.717, 1.165) is 24.3 Å². The Morgan fingerprint density at radius 2 is 2.09 bits per heavy atom. The minimum atomic E-state index is -0.106. The highest BCUT2D eigenvalue weighted by Gasteiger charge is 2.29. The first-order valence-corrected chi connectivity index (χ1v) is 8.99. The minimum Gasteiger partial charge on any atom is -0.320 e. The summed E-state index contributed by atoms with van der Waals surface area (Å²) in [5.41, 5.74) is 2.63. The fourth-order valence-electron chi connectivity index (χ4n) is 3.23. The number of nitrogens with one attached hydrogen (secondary N) is 1. The molecule has 5 nitrogen and oxygen atoms in total. The van der Waals surface area contributed by atoms with E-state index in [1.165, 1.54) is 35.3 Å². The lowest BCUT2D eigenvalue weighted by molar-refractivity contribution is 0.197. The van der Waals surface area contributed by atoms with Crippen molar-refractivity contribution in [2.45, 2.75) is 44.1 Å². The summed E-state index contributed by atoms with van der Waals surface area (Å²) in [6.07, 6.45) is 5.61. The third kappa shape index (κ3) is 2.95. The van der Waals surface area contributed by atoms with Crippen LogP contribution < -0.4 is 5.32 Å². The Labute approximate surface area is 139 Å². The van der Waals surface area contributed by atoms with Crippen molar-refractivity contribution in [1.82, 2.24) is 15.1 Å². The monoisotopic (exact) mass is 328 g/mol. The first-order valence-electron chi connectivity index (χ1n) is 8.17. The van der Waals surface area contributed by atoms with Gasteiger partial charge in [0.05, 0.1) is 6.04 Å². The maximum absolute atomic E-state index is 12.6. The molecule has 1 aromatic carbocycles. The number of fused-ring (bicyclic) bond motifs is 1. The first kappa shape index (κ1) is 14.6. The summed E-state index contributed by atoms with van der Waals surface area (Å²) in [6, 6.07) is 8.46. The Morgan fingerprint density at radius 3 is 2.91 bits per heavy atom. The van der Waals surface area contributed by atoms with Gasteiger partial charge >= 0.3 is 6.03 Å². The van der Waals surface area contributed by atoms with E-state index in [9.17, 15) is 4.79 Å². The summed E-state index contributed by atoms with van der Waals surface area (Å²) in [7, 11) is 1.87. The second kappa shape index (κ2) is 5.92. The van der Waals surface area contributed by atoms with Crippen LogP contribution in [0.15, 0.2) is 24.3 Å². The molecule has 4 rings (SSSR count). The Bertz CT molecular complexity index is 725. The molecule has 2 aromatic rings. The molecule has 2 aliphatic carbocycles. The summed E-state index contributed by atoms with van der Waals surface area (Å²) in [5, 5.41) is 12.8. The highest BCUT2D eigenvalue weighted by molar-refractivity contribution is 7.15. The van der Waals surface area contributed by atoms with Crippen LogP contribution in [0, 0.1) is 0 Å². The number of aromatic nitrogens is 2. The lowest BCUT2D eigenvalue weighted by atomic mass is 9.87. The largest absolute Gasteiger partial charge is 0.323 e. The topological polar surface area (TPSA) is 58.1 Å². The van der Waals surface area contributed by atoms with Gasteiger partial charge in [-0.2, -0.15) is 0 Å². The van der Waals surface area contributed by atoms with Crippen LogP contribution in [0.25, 0.3) is 0 Å². The molecule has 0 bridgehead atoms. The molecule has 6 heteroatoms. The molecule has 120 valence electrons. The van der Waals surface area contributed by atoms with Gasteiger partial charge in [0.15, 0.2) is 0 Å². The van der Waals surface area contributed by atoms with Crippen molar-refractivity contribution in [3.05, 3.63) is 40.4 Å². The zero-order chi connectivity index (χ0) is 15.8. The van der Waals surface area contributed by atoms with E-state index in [0.29, 0.717) is 11.0 Å². The quantitative estimate of drug-likeness (QED) is 0.928. The van der Waals surface area contributed by atoms with E-state index >= 15 is 0 Å².